The Bertz CT molecular complexity index is 1610. The van der Waals surface area contributed by atoms with Crippen LogP contribution in [0.3, 0.4) is 0 Å². The molecule has 0 fully saturated rings. The van der Waals surface area contributed by atoms with Gasteiger partial charge in [-0.15, -0.1) is 0 Å². The Hall–Kier alpha value is -4.60. The Kier molecular flexibility index (Phi) is 7.33. The van der Waals surface area contributed by atoms with Crippen molar-refractivity contribution in [1.82, 2.24) is 9.55 Å². The zero-order chi connectivity index (χ0) is 29.4. The standard InChI is InChI=1S/C31H23F6N3O/c32-30(33,34)24-15-23(16-25(17-24)31(35,36)37)29-39-26(20-7-3-1-4-8-20)27(21-9-5-2-6-10-21)40(29)18-19-11-13-22(14-12-19)28(38)41/h1,3-5,7-17H,2,6,18H2,(H2,38,41). The van der Waals surface area contributed by atoms with E-state index in [1.807, 2.05) is 18.2 Å². The minimum absolute atomic E-state index is 0.0479. The molecule has 10 heteroatoms. The van der Waals surface area contributed by atoms with E-state index in [4.69, 9.17) is 10.7 Å². The van der Waals surface area contributed by atoms with E-state index in [1.165, 1.54) is 12.1 Å². The number of nitrogens with two attached hydrogens (primary N) is 1. The van der Waals surface area contributed by atoms with Gasteiger partial charge in [0.2, 0.25) is 5.91 Å². The number of nitrogens with zero attached hydrogens (tertiary/aromatic N) is 2. The number of allylic oxidation sites excluding steroid dienone is 4. The van der Waals surface area contributed by atoms with Gasteiger partial charge < -0.3 is 10.3 Å². The molecule has 0 radical (unpaired) electrons. The van der Waals surface area contributed by atoms with Gasteiger partial charge in [-0.2, -0.15) is 26.3 Å². The number of carbonyl (C=O) groups excluding carboxylic acids is 1. The highest BCUT2D eigenvalue weighted by atomic mass is 19.4. The summed E-state index contributed by atoms with van der Waals surface area (Å²) in [5.41, 5.74) is 5.41. The van der Waals surface area contributed by atoms with Crippen LogP contribution in [0, 0.1) is 0 Å². The smallest absolute Gasteiger partial charge is 0.366 e. The minimum Gasteiger partial charge on any atom is -0.366 e. The van der Waals surface area contributed by atoms with Gasteiger partial charge in [0.25, 0.3) is 0 Å². The number of carbonyl (C=O) groups is 1. The Labute approximate surface area is 231 Å². The summed E-state index contributed by atoms with van der Waals surface area (Å²) in [6.07, 6.45) is -2.74. The molecule has 0 atom stereocenters. The number of aromatic nitrogens is 2. The Morgan fingerprint density at radius 3 is 2.00 bits per heavy atom. The lowest BCUT2D eigenvalue weighted by Gasteiger charge is -2.18. The van der Waals surface area contributed by atoms with Crippen LogP contribution in [-0.4, -0.2) is 15.5 Å². The average molecular weight is 568 g/mol. The van der Waals surface area contributed by atoms with Crippen LogP contribution in [-0.2, 0) is 18.9 Å². The minimum atomic E-state index is -5.02. The van der Waals surface area contributed by atoms with Crippen LogP contribution < -0.4 is 5.73 Å². The molecular weight excluding hydrogens is 544 g/mol. The molecular formula is C31H23F6N3O. The lowest BCUT2D eigenvalue weighted by atomic mass is 9.99. The highest BCUT2D eigenvalue weighted by Gasteiger charge is 2.37. The van der Waals surface area contributed by atoms with Crippen molar-refractivity contribution in [2.24, 2.45) is 5.73 Å². The van der Waals surface area contributed by atoms with E-state index < -0.39 is 29.4 Å². The van der Waals surface area contributed by atoms with Crippen molar-refractivity contribution in [2.75, 3.05) is 0 Å². The predicted octanol–water partition coefficient (Wildman–Crippen LogP) is 8.14. The third kappa shape index (κ3) is 5.96. The van der Waals surface area contributed by atoms with Crippen molar-refractivity contribution in [1.29, 1.82) is 0 Å². The summed E-state index contributed by atoms with van der Waals surface area (Å²) in [5.74, 6) is -0.692. The maximum atomic E-state index is 13.8. The first-order chi connectivity index (χ1) is 19.4. The van der Waals surface area contributed by atoms with Gasteiger partial charge in [0.15, 0.2) is 0 Å². The Morgan fingerprint density at radius 1 is 0.829 bits per heavy atom. The molecule has 5 rings (SSSR count). The van der Waals surface area contributed by atoms with Crippen LogP contribution in [0.15, 0.2) is 91.0 Å². The number of rotatable bonds is 6. The van der Waals surface area contributed by atoms with Gasteiger partial charge in [-0.3, -0.25) is 4.79 Å². The quantitative estimate of drug-likeness (QED) is 0.239. The van der Waals surface area contributed by atoms with E-state index in [0.29, 0.717) is 41.1 Å². The number of imidazole rings is 1. The molecule has 1 amide bonds. The second kappa shape index (κ2) is 10.8. The van der Waals surface area contributed by atoms with E-state index >= 15 is 0 Å². The fourth-order valence-corrected chi connectivity index (χ4v) is 4.75. The van der Waals surface area contributed by atoms with Crippen molar-refractivity contribution in [2.45, 2.75) is 31.7 Å². The molecule has 210 valence electrons. The zero-order valence-electron chi connectivity index (χ0n) is 21.4. The number of halogens is 6. The third-order valence-electron chi connectivity index (χ3n) is 6.71. The summed E-state index contributed by atoms with van der Waals surface area (Å²) in [7, 11) is 0. The van der Waals surface area contributed by atoms with Crippen LogP contribution in [0.2, 0.25) is 0 Å². The summed E-state index contributed by atoms with van der Waals surface area (Å²) in [4.78, 5) is 16.3. The molecule has 0 bridgehead atoms. The molecule has 41 heavy (non-hydrogen) atoms. The Morgan fingerprint density at radius 2 is 1.46 bits per heavy atom. The molecule has 1 aliphatic rings. The molecule has 0 aliphatic heterocycles. The van der Waals surface area contributed by atoms with Gasteiger partial charge in [-0.25, -0.2) is 4.98 Å². The van der Waals surface area contributed by atoms with E-state index in [-0.39, 0.29) is 29.6 Å². The molecule has 4 nitrogen and oxygen atoms in total. The second-order valence-corrected chi connectivity index (χ2v) is 9.58. The molecule has 1 heterocycles. The van der Waals surface area contributed by atoms with Crippen molar-refractivity contribution < 1.29 is 31.1 Å². The second-order valence-electron chi connectivity index (χ2n) is 9.58. The average Bonchev–Trinajstić information content (AvgIpc) is 3.32. The molecule has 1 aromatic heterocycles. The number of hydrogen-bond acceptors (Lipinski definition) is 2. The predicted molar refractivity (Wildman–Crippen MR) is 144 cm³/mol. The number of amides is 1. The van der Waals surface area contributed by atoms with Crippen LogP contribution in [0.4, 0.5) is 26.3 Å². The fourth-order valence-electron chi connectivity index (χ4n) is 4.75. The van der Waals surface area contributed by atoms with Crippen LogP contribution >= 0.6 is 0 Å². The van der Waals surface area contributed by atoms with Gasteiger partial charge >= 0.3 is 12.4 Å². The molecule has 0 spiro atoms. The first-order valence-electron chi connectivity index (χ1n) is 12.6. The summed E-state index contributed by atoms with van der Waals surface area (Å²) in [6.45, 7) is 0.0479. The SMILES string of the molecule is NC(=O)c1ccc(Cn2c(-c3cc(C(F)(F)F)cc(C(F)(F)F)c3)nc(-c3ccccc3)c2C2=CCCC=C2)cc1. The number of hydrogen-bond donors (Lipinski definition) is 1. The van der Waals surface area contributed by atoms with Gasteiger partial charge in [0.05, 0.1) is 22.5 Å². The molecule has 0 saturated carbocycles. The fraction of sp³-hybridized carbons (Fsp3) is 0.161. The molecule has 1 aliphatic carbocycles. The van der Waals surface area contributed by atoms with Gasteiger partial charge in [0, 0.05) is 23.2 Å². The summed E-state index contributed by atoms with van der Waals surface area (Å²) in [5, 5.41) is 0. The molecule has 3 aromatic carbocycles. The summed E-state index contributed by atoms with van der Waals surface area (Å²) >= 11 is 0. The number of alkyl halides is 6. The number of benzene rings is 3. The molecule has 2 N–H and O–H groups in total. The normalized spacial score (nSPS) is 13.8. The molecule has 4 aromatic rings. The van der Waals surface area contributed by atoms with Gasteiger partial charge in [0.1, 0.15) is 5.82 Å². The van der Waals surface area contributed by atoms with Crippen molar-refractivity contribution >= 4 is 11.5 Å². The van der Waals surface area contributed by atoms with Gasteiger partial charge in [-0.1, -0.05) is 60.7 Å². The largest absolute Gasteiger partial charge is 0.416 e. The highest BCUT2D eigenvalue weighted by molar-refractivity contribution is 5.92. The first kappa shape index (κ1) is 27.9. The zero-order valence-corrected chi connectivity index (χ0v) is 21.4. The third-order valence-corrected chi connectivity index (χ3v) is 6.71. The number of primary amides is 1. The van der Waals surface area contributed by atoms with Gasteiger partial charge in [-0.05, 0) is 54.3 Å². The van der Waals surface area contributed by atoms with Crippen molar-refractivity contribution in [3.63, 3.8) is 0 Å². The van der Waals surface area contributed by atoms with E-state index in [9.17, 15) is 31.1 Å². The summed E-state index contributed by atoms with van der Waals surface area (Å²) in [6, 6.07) is 16.7. The van der Waals surface area contributed by atoms with Crippen molar-refractivity contribution in [3.8, 4) is 22.6 Å². The van der Waals surface area contributed by atoms with Crippen LogP contribution in [0.5, 0.6) is 0 Å². The van der Waals surface area contributed by atoms with Crippen LogP contribution in [0.1, 0.15) is 45.6 Å². The van der Waals surface area contributed by atoms with E-state index in [2.05, 4.69) is 0 Å². The lowest BCUT2D eigenvalue weighted by Crippen LogP contribution is -2.13. The molecule has 0 unspecified atom stereocenters. The first-order valence-corrected chi connectivity index (χ1v) is 12.6. The van der Waals surface area contributed by atoms with E-state index in [1.54, 1.807) is 47.0 Å². The highest BCUT2D eigenvalue weighted by Crippen LogP contribution is 2.41. The monoisotopic (exact) mass is 567 g/mol. The lowest BCUT2D eigenvalue weighted by molar-refractivity contribution is -0.143. The summed E-state index contributed by atoms with van der Waals surface area (Å²) < 4.78 is 84.4. The topological polar surface area (TPSA) is 60.9 Å². The Balaban J connectivity index is 1.81. The maximum Gasteiger partial charge on any atom is 0.416 e. The molecule has 0 saturated heterocycles. The van der Waals surface area contributed by atoms with Crippen LogP contribution in [0.25, 0.3) is 28.2 Å². The maximum absolute atomic E-state index is 13.8. The van der Waals surface area contributed by atoms with E-state index in [0.717, 1.165) is 12.0 Å². The van der Waals surface area contributed by atoms with Crippen molar-refractivity contribution in [3.05, 3.63) is 119 Å².